The molecule has 0 bridgehead atoms. The van der Waals surface area contributed by atoms with E-state index in [1.807, 2.05) is 18.2 Å². The van der Waals surface area contributed by atoms with Gasteiger partial charge < -0.3 is 10.1 Å². The highest BCUT2D eigenvalue weighted by atomic mass is 32.1. The summed E-state index contributed by atoms with van der Waals surface area (Å²) in [4.78, 5) is 4.59. The molecule has 78 valence electrons. The van der Waals surface area contributed by atoms with Gasteiger partial charge in [0, 0.05) is 13.1 Å². The Kier molecular flexibility index (Phi) is 2.40. The minimum Gasteiger partial charge on any atom is -0.368 e. The van der Waals surface area contributed by atoms with E-state index in [1.165, 1.54) is 4.70 Å². The van der Waals surface area contributed by atoms with Gasteiger partial charge in [0.2, 0.25) is 0 Å². The molecule has 15 heavy (non-hydrogen) atoms. The van der Waals surface area contributed by atoms with Gasteiger partial charge in [-0.05, 0) is 12.1 Å². The zero-order valence-electron chi connectivity index (χ0n) is 8.27. The van der Waals surface area contributed by atoms with Crippen molar-refractivity contribution >= 4 is 21.6 Å². The molecule has 1 atom stereocenters. The monoisotopic (exact) mass is 220 g/mol. The molecule has 0 spiro atoms. The van der Waals surface area contributed by atoms with Gasteiger partial charge in [-0.2, -0.15) is 0 Å². The van der Waals surface area contributed by atoms with Gasteiger partial charge in [-0.15, -0.1) is 11.3 Å². The number of benzene rings is 1. The molecule has 1 aliphatic heterocycles. The molecule has 0 aliphatic carbocycles. The molecule has 2 heterocycles. The van der Waals surface area contributed by atoms with E-state index in [9.17, 15) is 0 Å². The first-order valence-electron chi connectivity index (χ1n) is 5.11. The maximum absolute atomic E-state index is 5.68. The normalized spacial score (nSPS) is 22.0. The van der Waals surface area contributed by atoms with Gasteiger partial charge in [0.05, 0.1) is 16.8 Å². The van der Waals surface area contributed by atoms with Crippen molar-refractivity contribution in [2.45, 2.75) is 6.10 Å². The SMILES string of the molecule is c1ccc2sc(C3CNCCO3)nc2c1. The van der Waals surface area contributed by atoms with Crippen LogP contribution in [0.1, 0.15) is 11.1 Å². The number of thiazole rings is 1. The smallest absolute Gasteiger partial charge is 0.124 e. The first kappa shape index (κ1) is 9.27. The van der Waals surface area contributed by atoms with E-state index in [-0.39, 0.29) is 6.10 Å². The van der Waals surface area contributed by atoms with Crippen molar-refractivity contribution in [2.24, 2.45) is 0 Å². The van der Waals surface area contributed by atoms with Crippen LogP contribution in [0, 0.1) is 0 Å². The lowest BCUT2D eigenvalue weighted by Gasteiger charge is -2.21. The van der Waals surface area contributed by atoms with Gasteiger partial charge in [0.1, 0.15) is 11.1 Å². The van der Waals surface area contributed by atoms with Crippen LogP contribution in [0.15, 0.2) is 24.3 Å². The predicted octanol–water partition coefficient (Wildman–Crippen LogP) is 1.96. The van der Waals surface area contributed by atoms with Crippen molar-refractivity contribution in [3.63, 3.8) is 0 Å². The van der Waals surface area contributed by atoms with Crippen molar-refractivity contribution in [1.82, 2.24) is 10.3 Å². The molecule has 0 amide bonds. The Morgan fingerprint density at radius 3 is 3.13 bits per heavy atom. The van der Waals surface area contributed by atoms with Crippen LogP contribution in [-0.2, 0) is 4.74 Å². The summed E-state index contributed by atoms with van der Waals surface area (Å²) in [7, 11) is 0. The first-order valence-corrected chi connectivity index (χ1v) is 5.93. The van der Waals surface area contributed by atoms with Crippen molar-refractivity contribution in [3.05, 3.63) is 29.3 Å². The summed E-state index contributed by atoms with van der Waals surface area (Å²) in [6.07, 6.45) is 0.135. The Morgan fingerprint density at radius 2 is 2.33 bits per heavy atom. The Balaban J connectivity index is 1.96. The summed E-state index contributed by atoms with van der Waals surface area (Å²) in [5.74, 6) is 0. The Labute approximate surface area is 92.1 Å². The number of rotatable bonds is 1. The van der Waals surface area contributed by atoms with Gasteiger partial charge >= 0.3 is 0 Å². The Morgan fingerprint density at radius 1 is 1.40 bits per heavy atom. The average Bonchev–Trinajstić information content (AvgIpc) is 2.74. The predicted molar refractivity (Wildman–Crippen MR) is 61.2 cm³/mol. The van der Waals surface area contributed by atoms with E-state index in [2.05, 4.69) is 16.4 Å². The fourth-order valence-electron chi connectivity index (χ4n) is 1.75. The molecule has 1 aromatic heterocycles. The van der Waals surface area contributed by atoms with Crippen LogP contribution >= 0.6 is 11.3 Å². The maximum Gasteiger partial charge on any atom is 0.124 e. The molecule has 0 radical (unpaired) electrons. The van der Waals surface area contributed by atoms with Crippen molar-refractivity contribution in [2.75, 3.05) is 19.7 Å². The molecule has 2 aromatic rings. The van der Waals surface area contributed by atoms with E-state index in [0.717, 1.165) is 30.2 Å². The van der Waals surface area contributed by atoms with Crippen LogP contribution in [0.5, 0.6) is 0 Å². The summed E-state index contributed by atoms with van der Waals surface area (Å²) in [6, 6.07) is 8.22. The summed E-state index contributed by atoms with van der Waals surface area (Å²) in [5, 5.41) is 4.41. The first-order chi connectivity index (χ1) is 7.43. The number of fused-ring (bicyclic) bond motifs is 1. The summed E-state index contributed by atoms with van der Waals surface area (Å²) in [6.45, 7) is 2.60. The van der Waals surface area contributed by atoms with E-state index in [4.69, 9.17) is 4.74 Å². The molecule has 1 N–H and O–H groups in total. The minimum absolute atomic E-state index is 0.135. The van der Waals surface area contributed by atoms with Crippen molar-refractivity contribution in [1.29, 1.82) is 0 Å². The second-order valence-corrected chi connectivity index (χ2v) is 4.65. The van der Waals surface area contributed by atoms with Crippen molar-refractivity contribution < 1.29 is 4.74 Å². The molecular formula is C11H12N2OS. The minimum atomic E-state index is 0.135. The Bertz CT molecular complexity index is 429. The van der Waals surface area contributed by atoms with Gasteiger partial charge in [0.15, 0.2) is 0 Å². The van der Waals surface area contributed by atoms with Gasteiger partial charge in [-0.3, -0.25) is 0 Å². The number of morpholine rings is 1. The number of aromatic nitrogens is 1. The second kappa shape index (κ2) is 3.89. The molecular weight excluding hydrogens is 208 g/mol. The summed E-state index contributed by atoms with van der Waals surface area (Å²) >= 11 is 1.73. The largest absolute Gasteiger partial charge is 0.368 e. The van der Waals surface area contributed by atoms with Crippen LogP contribution in [-0.4, -0.2) is 24.7 Å². The highest BCUT2D eigenvalue weighted by Gasteiger charge is 2.19. The lowest BCUT2D eigenvalue weighted by Crippen LogP contribution is -2.33. The van der Waals surface area contributed by atoms with Crippen LogP contribution in [0.2, 0.25) is 0 Å². The molecule has 1 aromatic carbocycles. The number of hydrogen-bond acceptors (Lipinski definition) is 4. The molecule has 0 saturated carbocycles. The quantitative estimate of drug-likeness (QED) is 0.797. The third kappa shape index (κ3) is 1.76. The van der Waals surface area contributed by atoms with Gasteiger partial charge in [-0.25, -0.2) is 4.98 Å². The second-order valence-electron chi connectivity index (χ2n) is 3.58. The van der Waals surface area contributed by atoms with Crippen LogP contribution < -0.4 is 5.32 Å². The Hall–Kier alpha value is -0.970. The fourth-order valence-corrected chi connectivity index (χ4v) is 2.77. The number of para-hydroxylation sites is 1. The van der Waals surface area contributed by atoms with E-state index >= 15 is 0 Å². The van der Waals surface area contributed by atoms with E-state index in [0.29, 0.717) is 0 Å². The van der Waals surface area contributed by atoms with Crippen molar-refractivity contribution in [3.8, 4) is 0 Å². The fraction of sp³-hybridized carbons (Fsp3) is 0.364. The van der Waals surface area contributed by atoms with Crippen LogP contribution in [0.4, 0.5) is 0 Å². The summed E-state index contributed by atoms with van der Waals surface area (Å²) in [5.41, 5.74) is 1.08. The van der Waals surface area contributed by atoms with E-state index < -0.39 is 0 Å². The maximum atomic E-state index is 5.68. The molecule has 1 aliphatic rings. The molecule has 1 unspecified atom stereocenters. The van der Waals surface area contributed by atoms with Crippen LogP contribution in [0.3, 0.4) is 0 Å². The molecule has 3 rings (SSSR count). The lowest BCUT2D eigenvalue weighted by molar-refractivity contribution is 0.0277. The van der Waals surface area contributed by atoms with Crippen LogP contribution in [0.25, 0.3) is 10.2 Å². The topological polar surface area (TPSA) is 34.1 Å². The third-order valence-electron chi connectivity index (χ3n) is 2.51. The number of hydrogen-bond donors (Lipinski definition) is 1. The highest BCUT2D eigenvalue weighted by molar-refractivity contribution is 7.18. The van der Waals surface area contributed by atoms with Gasteiger partial charge in [0.25, 0.3) is 0 Å². The summed E-state index contributed by atoms with van der Waals surface area (Å²) < 4.78 is 6.92. The molecule has 1 fully saturated rings. The standard InChI is InChI=1S/C11H12N2OS/c1-2-4-10-8(3-1)13-11(15-10)9-7-12-5-6-14-9/h1-4,9,12H,5-7H2. The van der Waals surface area contributed by atoms with Gasteiger partial charge in [-0.1, -0.05) is 12.1 Å². The molecule has 3 nitrogen and oxygen atoms in total. The highest BCUT2D eigenvalue weighted by Crippen LogP contribution is 2.28. The number of nitrogens with zero attached hydrogens (tertiary/aromatic N) is 1. The number of nitrogens with one attached hydrogen (secondary N) is 1. The molecule has 4 heteroatoms. The van der Waals surface area contributed by atoms with E-state index in [1.54, 1.807) is 11.3 Å². The average molecular weight is 220 g/mol. The lowest BCUT2D eigenvalue weighted by atomic mass is 10.3. The molecule has 1 saturated heterocycles. The number of ether oxygens (including phenoxy) is 1. The zero-order valence-corrected chi connectivity index (χ0v) is 9.09. The third-order valence-corrected chi connectivity index (χ3v) is 3.64. The zero-order chi connectivity index (χ0) is 10.1.